The van der Waals surface area contributed by atoms with Gasteiger partial charge in [-0.15, -0.1) is 0 Å². The molecule has 2 N–H and O–H groups in total. The fourth-order valence-corrected chi connectivity index (χ4v) is 2.03. The molecule has 1 atom stereocenters. The number of likely N-dealkylation sites (N-methyl/N-ethyl adjacent to an activating group) is 2. The van der Waals surface area contributed by atoms with Crippen molar-refractivity contribution < 1.29 is 9.21 Å². The monoisotopic (exact) mass is 253 g/mol. The molecular formula is C13H23N3O2. The minimum absolute atomic E-state index is 0.0773. The quantitative estimate of drug-likeness (QED) is 0.826. The third-order valence-electron chi connectivity index (χ3n) is 2.84. The number of furan rings is 1. The maximum Gasteiger partial charge on any atom is 0.289 e. The van der Waals surface area contributed by atoms with E-state index in [9.17, 15) is 4.79 Å². The van der Waals surface area contributed by atoms with Gasteiger partial charge in [0.15, 0.2) is 5.76 Å². The molecule has 1 rings (SSSR count). The first kappa shape index (κ1) is 14.7. The Bertz CT molecular complexity index is 387. The van der Waals surface area contributed by atoms with Crippen LogP contribution in [0.3, 0.4) is 0 Å². The van der Waals surface area contributed by atoms with Crippen molar-refractivity contribution >= 4 is 5.91 Å². The third-order valence-corrected chi connectivity index (χ3v) is 2.84. The van der Waals surface area contributed by atoms with Crippen LogP contribution in [-0.4, -0.2) is 48.9 Å². The van der Waals surface area contributed by atoms with E-state index < -0.39 is 0 Å². The van der Waals surface area contributed by atoms with E-state index in [0.717, 1.165) is 6.54 Å². The molecule has 1 heterocycles. The number of carbonyl (C=O) groups is 1. The average Bonchev–Trinajstić information content (AvgIpc) is 2.77. The second-order valence-electron chi connectivity index (χ2n) is 4.67. The van der Waals surface area contributed by atoms with Gasteiger partial charge >= 0.3 is 0 Å². The number of rotatable bonds is 6. The van der Waals surface area contributed by atoms with E-state index in [-0.39, 0.29) is 11.9 Å². The number of nitrogens with zero attached hydrogens (tertiary/aromatic N) is 2. The van der Waals surface area contributed by atoms with Crippen molar-refractivity contribution in [1.29, 1.82) is 0 Å². The van der Waals surface area contributed by atoms with Gasteiger partial charge in [0.05, 0.1) is 6.54 Å². The largest absolute Gasteiger partial charge is 0.455 e. The van der Waals surface area contributed by atoms with Crippen LogP contribution in [0.25, 0.3) is 0 Å². The van der Waals surface area contributed by atoms with Gasteiger partial charge in [-0.2, -0.15) is 0 Å². The molecule has 102 valence electrons. The number of hydrogen-bond acceptors (Lipinski definition) is 4. The minimum atomic E-state index is -0.0773. The smallest absolute Gasteiger partial charge is 0.289 e. The summed E-state index contributed by atoms with van der Waals surface area (Å²) in [4.78, 5) is 16.2. The summed E-state index contributed by atoms with van der Waals surface area (Å²) in [7, 11) is 3.99. The second kappa shape index (κ2) is 6.56. The van der Waals surface area contributed by atoms with Crippen molar-refractivity contribution in [2.45, 2.75) is 26.4 Å². The molecule has 1 aromatic heterocycles. The summed E-state index contributed by atoms with van der Waals surface area (Å²) in [6, 6.07) is 3.58. The van der Waals surface area contributed by atoms with Crippen LogP contribution >= 0.6 is 0 Å². The summed E-state index contributed by atoms with van der Waals surface area (Å²) < 4.78 is 5.40. The van der Waals surface area contributed by atoms with Crippen molar-refractivity contribution in [3.05, 3.63) is 23.7 Å². The van der Waals surface area contributed by atoms with Gasteiger partial charge in [0.2, 0.25) is 0 Å². The van der Waals surface area contributed by atoms with E-state index in [1.807, 2.05) is 27.9 Å². The predicted octanol–water partition coefficient (Wildman–Crippen LogP) is 1.15. The molecule has 0 aliphatic carbocycles. The van der Waals surface area contributed by atoms with Gasteiger partial charge in [0, 0.05) is 19.1 Å². The van der Waals surface area contributed by atoms with E-state index in [1.54, 1.807) is 17.0 Å². The Labute approximate surface area is 109 Å². The number of hydrogen-bond donors (Lipinski definition) is 1. The standard InChI is InChI=1S/C13H23N3O2/c1-5-16(10(2)9-15(3)4)13(17)12-7-6-11(8-14)18-12/h6-7,10H,5,8-9,14H2,1-4H3. The predicted molar refractivity (Wildman–Crippen MR) is 71.3 cm³/mol. The first-order chi connectivity index (χ1) is 8.49. The zero-order chi connectivity index (χ0) is 13.7. The van der Waals surface area contributed by atoms with Crippen LogP contribution in [0.4, 0.5) is 0 Å². The highest BCUT2D eigenvalue weighted by molar-refractivity contribution is 5.91. The van der Waals surface area contributed by atoms with Gasteiger partial charge in [-0.1, -0.05) is 0 Å². The fourth-order valence-electron chi connectivity index (χ4n) is 2.03. The van der Waals surface area contributed by atoms with Crippen molar-refractivity contribution in [3.8, 4) is 0 Å². The third kappa shape index (κ3) is 3.58. The molecule has 1 unspecified atom stereocenters. The van der Waals surface area contributed by atoms with Crippen molar-refractivity contribution in [2.75, 3.05) is 27.2 Å². The number of nitrogens with two attached hydrogens (primary N) is 1. The molecule has 5 nitrogen and oxygen atoms in total. The molecule has 1 amide bonds. The molecule has 0 fully saturated rings. The van der Waals surface area contributed by atoms with Crippen molar-refractivity contribution in [1.82, 2.24) is 9.80 Å². The molecule has 0 saturated heterocycles. The summed E-state index contributed by atoms with van der Waals surface area (Å²) in [6.07, 6.45) is 0. The molecule has 5 heteroatoms. The normalized spacial score (nSPS) is 12.8. The van der Waals surface area contributed by atoms with Crippen LogP contribution in [0.2, 0.25) is 0 Å². The molecule has 0 bridgehead atoms. The molecular weight excluding hydrogens is 230 g/mol. The van der Waals surface area contributed by atoms with Gasteiger partial charge in [-0.05, 0) is 40.1 Å². The van der Waals surface area contributed by atoms with Crippen molar-refractivity contribution in [2.24, 2.45) is 5.73 Å². The van der Waals surface area contributed by atoms with Gasteiger partial charge in [0.1, 0.15) is 5.76 Å². The SMILES string of the molecule is CCN(C(=O)c1ccc(CN)o1)C(C)CN(C)C. The van der Waals surface area contributed by atoms with Crippen LogP contribution < -0.4 is 5.73 Å². The Kier molecular flexibility index (Phi) is 5.37. The minimum Gasteiger partial charge on any atom is -0.455 e. The molecule has 0 aromatic carbocycles. The Balaban J connectivity index is 2.78. The molecule has 0 aliphatic rings. The van der Waals surface area contributed by atoms with E-state index in [0.29, 0.717) is 24.6 Å². The second-order valence-corrected chi connectivity index (χ2v) is 4.67. The van der Waals surface area contributed by atoms with Gasteiger partial charge < -0.3 is 20.0 Å². The zero-order valence-corrected chi connectivity index (χ0v) is 11.6. The summed E-state index contributed by atoms with van der Waals surface area (Å²) in [5.74, 6) is 0.920. The fraction of sp³-hybridized carbons (Fsp3) is 0.615. The first-order valence-corrected chi connectivity index (χ1v) is 6.24. The van der Waals surface area contributed by atoms with E-state index >= 15 is 0 Å². The molecule has 0 saturated carbocycles. The van der Waals surface area contributed by atoms with Crippen LogP contribution in [0, 0.1) is 0 Å². The lowest BCUT2D eigenvalue weighted by molar-refractivity contribution is 0.0645. The lowest BCUT2D eigenvalue weighted by atomic mass is 10.2. The maximum absolute atomic E-state index is 12.3. The van der Waals surface area contributed by atoms with Gasteiger partial charge in [-0.25, -0.2) is 0 Å². The zero-order valence-electron chi connectivity index (χ0n) is 11.6. The van der Waals surface area contributed by atoms with Gasteiger partial charge in [-0.3, -0.25) is 4.79 Å². The molecule has 18 heavy (non-hydrogen) atoms. The van der Waals surface area contributed by atoms with E-state index in [2.05, 4.69) is 4.90 Å². The summed E-state index contributed by atoms with van der Waals surface area (Å²) in [5, 5.41) is 0. The van der Waals surface area contributed by atoms with Crippen molar-refractivity contribution in [3.63, 3.8) is 0 Å². The number of amides is 1. The highest BCUT2D eigenvalue weighted by Gasteiger charge is 2.22. The highest BCUT2D eigenvalue weighted by Crippen LogP contribution is 2.12. The maximum atomic E-state index is 12.3. The lowest BCUT2D eigenvalue weighted by Gasteiger charge is -2.29. The van der Waals surface area contributed by atoms with Crippen LogP contribution in [0.5, 0.6) is 0 Å². The molecule has 0 radical (unpaired) electrons. The Hall–Kier alpha value is -1.33. The van der Waals surface area contributed by atoms with Crippen LogP contribution in [0.1, 0.15) is 30.2 Å². The molecule has 0 spiro atoms. The summed E-state index contributed by atoms with van der Waals surface area (Å²) in [5.41, 5.74) is 5.47. The number of carbonyl (C=O) groups excluding carboxylic acids is 1. The summed E-state index contributed by atoms with van der Waals surface area (Å²) in [6.45, 7) is 5.80. The van der Waals surface area contributed by atoms with Crippen LogP contribution in [-0.2, 0) is 6.54 Å². The summed E-state index contributed by atoms with van der Waals surface area (Å²) >= 11 is 0. The lowest BCUT2D eigenvalue weighted by Crippen LogP contribution is -2.43. The van der Waals surface area contributed by atoms with Gasteiger partial charge in [0.25, 0.3) is 5.91 Å². The topological polar surface area (TPSA) is 62.7 Å². The van der Waals surface area contributed by atoms with E-state index in [1.165, 1.54) is 0 Å². The van der Waals surface area contributed by atoms with E-state index in [4.69, 9.17) is 10.2 Å². The Morgan fingerprint density at radius 3 is 2.56 bits per heavy atom. The molecule has 0 aliphatic heterocycles. The first-order valence-electron chi connectivity index (χ1n) is 6.24. The highest BCUT2D eigenvalue weighted by atomic mass is 16.4. The Morgan fingerprint density at radius 2 is 2.11 bits per heavy atom. The molecule has 1 aromatic rings. The average molecular weight is 253 g/mol. The van der Waals surface area contributed by atoms with Crippen LogP contribution in [0.15, 0.2) is 16.5 Å². The Morgan fingerprint density at radius 1 is 1.44 bits per heavy atom.